The molecular formula is C6H5Cl2N3O. The first-order valence-corrected chi connectivity index (χ1v) is 3.92. The summed E-state index contributed by atoms with van der Waals surface area (Å²) in [5, 5.41) is 2.39. The Balaban J connectivity index is 2.59. The van der Waals surface area contributed by atoms with E-state index < -0.39 is 10.7 Å². The molecule has 0 bridgehead atoms. The molecule has 0 aliphatic heterocycles. The van der Waals surface area contributed by atoms with E-state index >= 15 is 0 Å². The minimum absolute atomic E-state index is 0.376. The lowest BCUT2D eigenvalue weighted by molar-refractivity contribution is -0.114. The molecule has 1 aromatic heterocycles. The van der Waals surface area contributed by atoms with E-state index in [0.717, 1.165) is 0 Å². The average Bonchev–Trinajstić information content (AvgIpc) is 2.06. The van der Waals surface area contributed by atoms with E-state index in [-0.39, 0.29) is 0 Å². The van der Waals surface area contributed by atoms with Gasteiger partial charge in [-0.1, -0.05) is 23.2 Å². The van der Waals surface area contributed by atoms with E-state index in [2.05, 4.69) is 15.3 Å². The molecule has 0 unspecified atom stereocenters. The Bertz CT molecular complexity index is 265. The first-order chi connectivity index (χ1) is 5.70. The lowest BCUT2D eigenvalue weighted by Gasteiger charge is -2.02. The summed E-state index contributed by atoms with van der Waals surface area (Å²) in [6, 6.07) is 1.54. The number of carbonyl (C=O) groups is 1. The van der Waals surface area contributed by atoms with Gasteiger partial charge in [-0.25, -0.2) is 9.97 Å². The number of halogens is 2. The van der Waals surface area contributed by atoms with Crippen LogP contribution in [0.2, 0.25) is 0 Å². The predicted octanol–water partition coefficient (Wildman–Crippen LogP) is 1.22. The first kappa shape index (κ1) is 9.22. The third kappa shape index (κ3) is 2.64. The first-order valence-electron chi connectivity index (χ1n) is 3.05. The lowest BCUT2D eigenvalue weighted by Crippen LogP contribution is -2.19. The third-order valence-electron chi connectivity index (χ3n) is 1.03. The van der Waals surface area contributed by atoms with Gasteiger partial charge >= 0.3 is 0 Å². The Morgan fingerprint density at radius 1 is 1.58 bits per heavy atom. The molecule has 0 aromatic carbocycles. The summed E-state index contributed by atoms with van der Waals surface area (Å²) < 4.78 is 0. The van der Waals surface area contributed by atoms with E-state index in [1.54, 1.807) is 0 Å². The molecule has 0 saturated carbocycles. The van der Waals surface area contributed by atoms with Crippen molar-refractivity contribution >= 4 is 34.9 Å². The van der Waals surface area contributed by atoms with Gasteiger partial charge in [0.1, 0.15) is 12.1 Å². The second-order valence-corrected chi connectivity index (χ2v) is 2.98. The number of anilines is 1. The Morgan fingerprint density at radius 2 is 2.33 bits per heavy atom. The van der Waals surface area contributed by atoms with Gasteiger partial charge in [0.25, 0.3) is 5.91 Å². The molecule has 0 spiro atoms. The molecule has 0 atom stereocenters. The minimum Gasteiger partial charge on any atom is -0.308 e. The van der Waals surface area contributed by atoms with Crippen molar-refractivity contribution in [3.05, 3.63) is 18.6 Å². The van der Waals surface area contributed by atoms with Gasteiger partial charge in [0.15, 0.2) is 4.84 Å². The number of hydrogen-bond donors (Lipinski definition) is 1. The van der Waals surface area contributed by atoms with E-state index in [0.29, 0.717) is 5.82 Å². The van der Waals surface area contributed by atoms with E-state index in [1.807, 2.05) is 0 Å². The molecule has 6 heteroatoms. The van der Waals surface area contributed by atoms with Crippen LogP contribution in [-0.4, -0.2) is 20.7 Å². The van der Waals surface area contributed by atoms with Crippen molar-refractivity contribution < 1.29 is 4.79 Å². The SMILES string of the molecule is O=C(Nc1ccncn1)C(Cl)Cl. The molecule has 1 heterocycles. The number of rotatable bonds is 2. The second kappa shape index (κ2) is 4.23. The maximum atomic E-state index is 10.9. The number of amides is 1. The summed E-state index contributed by atoms with van der Waals surface area (Å²) in [6.07, 6.45) is 2.81. The molecule has 0 fully saturated rings. The number of aromatic nitrogens is 2. The fraction of sp³-hybridized carbons (Fsp3) is 0.167. The van der Waals surface area contributed by atoms with Gasteiger partial charge in [-0.05, 0) is 6.07 Å². The molecule has 1 amide bonds. The smallest absolute Gasteiger partial charge is 0.258 e. The van der Waals surface area contributed by atoms with Crippen molar-refractivity contribution in [2.75, 3.05) is 5.32 Å². The van der Waals surface area contributed by atoms with Gasteiger partial charge in [-0.2, -0.15) is 0 Å². The van der Waals surface area contributed by atoms with Gasteiger partial charge in [-0.3, -0.25) is 4.79 Å². The molecule has 0 radical (unpaired) electrons. The van der Waals surface area contributed by atoms with Crippen LogP contribution in [0.25, 0.3) is 0 Å². The molecule has 64 valence electrons. The highest BCUT2D eigenvalue weighted by atomic mass is 35.5. The lowest BCUT2D eigenvalue weighted by atomic mass is 10.5. The van der Waals surface area contributed by atoms with Crippen LogP contribution in [0.15, 0.2) is 18.6 Å². The predicted molar refractivity (Wildman–Crippen MR) is 46.2 cm³/mol. The molecule has 1 aromatic rings. The fourth-order valence-electron chi connectivity index (χ4n) is 0.545. The summed E-state index contributed by atoms with van der Waals surface area (Å²) in [4.78, 5) is 17.2. The minimum atomic E-state index is -1.08. The zero-order chi connectivity index (χ0) is 8.97. The van der Waals surface area contributed by atoms with Crippen molar-refractivity contribution in [3.63, 3.8) is 0 Å². The van der Waals surface area contributed by atoms with Crippen molar-refractivity contribution in [1.82, 2.24) is 9.97 Å². The summed E-state index contributed by atoms with van der Waals surface area (Å²) in [5.74, 6) is -0.127. The normalized spacial score (nSPS) is 9.92. The van der Waals surface area contributed by atoms with Crippen molar-refractivity contribution in [2.45, 2.75) is 4.84 Å². The molecule has 0 saturated heterocycles. The standard InChI is InChI=1S/C6H5Cl2N3O/c7-5(8)6(12)11-4-1-2-9-3-10-4/h1-3,5H,(H,9,10,11,12). The third-order valence-corrected chi connectivity index (χ3v) is 1.43. The Labute approximate surface area is 78.9 Å². The van der Waals surface area contributed by atoms with Gasteiger partial charge < -0.3 is 5.32 Å². The van der Waals surface area contributed by atoms with E-state index in [4.69, 9.17) is 23.2 Å². The zero-order valence-electron chi connectivity index (χ0n) is 5.87. The molecular weight excluding hydrogens is 201 g/mol. The van der Waals surface area contributed by atoms with Crippen molar-refractivity contribution in [3.8, 4) is 0 Å². The van der Waals surface area contributed by atoms with Crippen molar-refractivity contribution in [1.29, 1.82) is 0 Å². The van der Waals surface area contributed by atoms with Crippen molar-refractivity contribution in [2.24, 2.45) is 0 Å². The topological polar surface area (TPSA) is 54.9 Å². The second-order valence-electron chi connectivity index (χ2n) is 1.88. The van der Waals surface area contributed by atoms with Gasteiger partial charge in [0.2, 0.25) is 0 Å². The van der Waals surface area contributed by atoms with Crippen LogP contribution in [0, 0.1) is 0 Å². The average molecular weight is 206 g/mol. The van der Waals surface area contributed by atoms with Crippen LogP contribution in [0.5, 0.6) is 0 Å². The van der Waals surface area contributed by atoms with Crippen LogP contribution < -0.4 is 5.32 Å². The van der Waals surface area contributed by atoms with Crippen LogP contribution in [-0.2, 0) is 4.79 Å². The molecule has 12 heavy (non-hydrogen) atoms. The number of hydrogen-bond acceptors (Lipinski definition) is 3. The molecule has 0 aliphatic rings. The van der Waals surface area contributed by atoms with E-state index in [1.165, 1.54) is 18.6 Å². The fourth-order valence-corrected chi connectivity index (χ4v) is 0.655. The largest absolute Gasteiger partial charge is 0.308 e. The van der Waals surface area contributed by atoms with Gasteiger partial charge in [0, 0.05) is 6.20 Å². The maximum absolute atomic E-state index is 10.9. The molecule has 4 nitrogen and oxygen atoms in total. The highest BCUT2D eigenvalue weighted by Gasteiger charge is 2.11. The highest BCUT2D eigenvalue weighted by Crippen LogP contribution is 2.05. The maximum Gasteiger partial charge on any atom is 0.258 e. The molecule has 1 N–H and O–H groups in total. The van der Waals surface area contributed by atoms with Crippen LogP contribution in [0.4, 0.5) is 5.82 Å². The molecule has 0 aliphatic carbocycles. The Morgan fingerprint density at radius 3 is 2.83 bits per heavy atom. The number of nitrogens with one attached hydrogen (secondary N) is 1. The van der Waals surface area contributed by atoms with Crippen LogP contribution in [0.3, 0.4) is 0 Å². The van der Waals surface area contributed by atoms with E-state index in [9.17, 15) is 4.79 Å². The Kier molecular flexibility index (Phi) is 3.25. The zero-order valence-corrected chi connectivity index (χ0v) is 7.38. The van der Waals surface area contributed by atoms with Crippen LogP contribution in [0.1, 0.15) is 0 Å². The quantitative estimate of drug-likeness (QED) is 0.740. The summed E-state index contributed by atoms with van der Waals surface area (Å²) >= 11 is 10.6. The number of alkyl halides is 2. The van der Waals surface area contributed by atoms with Gasteiger partial charge in [-0.15, -0.1) is 0 Å². The highest BCUT2D eigenvalue weighted by molar-refractivity contribution is 6.54. The monoisotopic (exact) mass is 205 g/mol. The van der Waals surface area contributed by atoms with Gasteiger partial charge in [0.05, 0.1) is 0 Å². The number of carbonyl (C=O) groups excluding carboxylic acids is 1. The Hall–Kier alpha value is -0.870. The molecule has 1 rings (SSSR count). The van der Waals surface area contributed by atoms with Crippen LogP contribution >= 0.6 is 23.2 Å². The summed E-state index contributed by atoms with van der Waals surface area (Å²) in [7, 11) is 0. The number of nitrogens with zero attached hydrogens (tertiary/aromatic N) is 2. The summed E-state index contributed by atoms with van der Waals surface area (Å²) in [5.41, 5.74) is 0. The summed E-state index contributed by atoms with van der Waals surface area (Å²) in [6.45, 7) is 0.